The Morgan fingerprint density at radius 3 is 2.89 bits per heavy atom. The number of rotatable bonds is 2. The molecule has 3 rings (SSSR count). The summed E-state index contributed by atoms with van der Waals surface area (Å²) in [6.45, 7) is 1.71. The number of aromatic nitrogens is 2. The van der Waals surface area contributed by atoms with Crippen LogP contribution in [0.2, 0.25) is 10.4 Å². The molecule has 0 radical (unpaired) electrons. The minimum atomic E-state index is 0.186. The largest absolute Gasteiger partial charge is 0.366 e. The first kappa shape index (κ1) is 11.8. The summed E-state index contributed by atoms with van der Waals surface area (Å²) in [5.74, 6) is 0. The minimum Gasteiger partial charge on any atom is -0.366 e. The quantitative estimate of drug-likeness (QED) is 0.624. The van der Waals surface area contributed by atoms with Crippen molar-refractivity contribution >= 4 is 28.9 Å². The van der Waals surface area contributed by atoms with Gasteiger partial charge in [0.2, 0.25) is 5.28 Å². The van der Waals surface area contributed by atoms with E-state index in [1.54, 1.807) is 6.20 Å². The van der Waals surface area contributed by atoms with E-state index in [1.807, 2.05) is 0 Å². The summed E-state index contributed by atoms with van der Waals surface area (Å²) >= 11 is 11.8. The zero-order valence-electron chi connectivity index (χ0n) is 9.61. The molecule has 0 spiro atoms. The van der Waals surface area contributed by atoms with E-state index in [1.165, 1.54) is 11.3 Å². The molecule has 0 aliphatic carbocycles. The average molecular weight is 280 g/mol. The summed E-state index contributed by atoms with van der Waals surface area (Å²) in [5, 5.41) is 0.616. The first-order valence-electron chi connectivity index (χ1n) is 5.74. The fourth-order valence-electron chi connectivity index (χ4n) is 2.25. The van der Waals surface area contributed by atoms with Crippen LogP contribution in [-0.2, 0) is 13.0 Å². The third-order valence-electron chi connectivity index (χ3n) is 3.13. The molecule has 2 aromatic rings. The smallest absolute Gasteiger partial charge is 0.223 e. The lowest BCUT2D eigenvalue weighted by atomic mass is 10.2. The molecular formula is C13H11Cl2N3. The molecule has 0 saturated carbocycles. The molecule has 0 fully saturated rings. The average Bonchev–Trinajstić information content (AvgIpc) is 2.76. The van der Waals surface area contributed by atoms with Gasteiger partial charge in [-0.15, -0.1) is 0 Å². The summed E-state index contributed by atoms with van der Waals surface area (Å²) in [4.78, 5) is 10.2. The van der Waals surface area contributed by atoms with Crippen molar-refractivity contribution in [1.29, 1.82) is 0 Å². The molecule has 92 valence electrons. The molecule has 1 aromatic heterocycles. The van der Waals surface area contributed by atoms with Crippen LogP contribution in [0.5, 0.6) is 0 Å². The molecule has 1 aliphatic heterocycles. The third-order valence-corrected chi connectivity index (χ3v) is 3.64. The monoisotopic (exact) mass is 279 g/mol. The molecule has 0 saturated heterocycles. The van der Waals surface area contributed by atoms with E-state index in [2.05, 4.69) is 39.1 Å². The first-order valence-corrected chi connectivity index (χ1v) is 6.49. The lowest BCUT2D eigenvalue weighted by Crippen LogP contribution is -2.20. The van der Waals surface area contributed by atoms with Crippen LogP contribution in [0.4, 0.5) is 5.69 Å². The number of hydrogen-bond acceptors (Lipinski definition) is 3. The SMILES string of the molecule is Clc1ncc(CN2CCc3ccccc32)c(Cl)n1. The Kier molecular flexibility index (Phi) is 3.10. The molecule has 0 N–H and O–H groups in total. The number of nitrogens with zero attached hydrogens (tertiary/aromatic N) is 3. The van der Waals surface area contributed by atoms with Gasteiger partial charge >= 0.3 is 0 Å². The van der Waals surface area contributed by atoms with Crippen molar-refractivity contribution in [1.82, 2.24) is 9.97 Å². The molecule has 0 bridgehead atoms. The van der Waals surface area contributed by atoms with Crippen molar-refractivity contribution in [2.75, 3.05) is 11.4 Å². The minimum absolute atomic E-state index is 0.186. The van der Waals surface area contributed by atoms with Crippen LogP contribution in [-0.4, -0.2) is 16.5 Å². The van der Waals surface area contributed by atoms with Crippen LogP contribution in [0.15, 0.2) is 30.5 Å². The fourth-order valence-corrected chi connectivity index (χ4v) is 2.61. The molecule has 5 heteroatoms. The van der Waals surface area contributed by atoms with Gasteiger partial charge in [0.1, 0.15) is 5.15 Å². The standard InChI is InChI=1S/C13H11Cl2N3/c14-12-10(7-16-13(15)17-12)8-18-6-5-9-3-1-2-4-11(9)18/h1-4,7H,5-6,8H2. The van der Waals surface area contributed by atoms with E-state index in [9.17, 15) is 0 Å². The van der Waals surface area contributed by atoms with E-state index in [4.69, 9.17) is 23.2 Å². The van der Waals surface area contributed by atoms with Gasteiger partial charge < -0.3 is 4.90 Å². The van der Waals surface area contributed by atoms with Crippen LogP contribution in [0.25, 0.3) is 0 Å². The van der Waals surface area contributed by atoms with Crippen LogP contribution in [0, 0.1) is 0 Å². The Morgan fingerprint density at radius 1 is 1.22 bits per heavy atom. The van der Waals surface area contributed by atoms with Crippen molar-refractivity contribution in [3.8, 4) is 0 Å². The van der Waals surface area contributed by atoms with Gasteiger partial charge in [-0.2, -0.15) is 0 Å². The summed E-state index contributed by atoms with van der Waals surface area (Å²) < 4.78 is 0. The summed E-state index contributed by atoms with van der Waals surface area (Å²) in [6.07, 6.45) is 2.76. The second-order valence-electron chi connectivity index (χ2n) is 4.26. The number of para-hydroxylation sites is 1. The van der Waals surface area contributed by atoms with Crippen molar-refractivity contribution in [2.24, 2.45) is 0 Å². The van der Waals surface area contributed by atoms with Gasteiger partial charge in [-0.05, 0) is 29.7 Å². The maximum absolute atomic E-state index is 6.07. The second-order valence-corrected chi connectivity index (χ2v) is 4.95. The third kappa shape index (κ3) is 2.16. The van der Waals surface area contributed by atoms with Crippen molar-refractivity contribution < 1.29 is 0 Å². The van der Waals surface area contributed by atoms with Gasteiger partial charge in [0.25, 0.3) is 0 Å². The highest BCUT2D eigenvalue weighted by atomic mass is 35.5. The van der Waals surface area contributed by atoms with E-state index in [-0.39, 0.29) is 5.28 Å². The summed E-state index contributed by atoms with van der Waals surface area (Å²) in [6, 6.07) is 8.42. The van der Waals surface area contributed by atoms with E-state index >= 15 is 0 Å². The highest BCUT2D eigenvalue weighted by Gasteiger charge is 2.19. The number of hydrogen-bond donors (Lipinski definition) is 0. The van der Waals surface area contributed by atoms with Crippen LogP contribution in [0.3, 0.4) is 0 Å². The molecule has 3 nitrogen and oxygen atoms in total. The predicted octanol–water partition coefficient (Wildman–Crippen LogP) is 3.35. The van der Waals surface area contributed by atoms with Crippen LogP contribution >= 0.6 is 23.2 Å². The predicted molar refractivity (Wildman–Crippen MR) is 73.2 cm³/mol. The Labute approximate surface area is 115 Å². The van der Waals surface area contributed by atoms with Gasteiger partial charge in [0, 0.05) is 30.5 Å². The molecule has 1 aliphatic rings. The first-order chi connectivity index (χ1) is 8.74. The van der Waals surface area contributed by atoms with E-state index in [0.29, 0.717) is 11.7 Å². The lowest BCUT2D eigenvalue weighted by Gasteiger charge is -2.19. The van der Waals surface area contributed by atoms with Crippen molar-refractivity contribution in [3.05, 3.63) is 52.0 Å². The lowest BCUT2D eigenvalue weighted by molar-refractivity contribution is 0.827. The van der Waals surface area contributed by atoms with Crippen molar-refractivity contribution in [3.63, 3.8) is 0 Å². The Hall–Kier alpha value is -1.32. The maximum Gasteiger partial charge on any atom is 0.223 e. The zero-order chi connectivity index (χ0) is 12.5. The highest BCUT2D eigenvalue weighted by Crippen LogP contribution is 2.29. The Morgan fingerprint density at radius 2 is 2.06 bits per heavy atom. The van der Waals surface area contributed by atoms with E-state index in [0.717, 1.165) is 18.5 Å². The highest BCUT2D eigenvalue weighted by molar-refractivity contribution is 6.32. The number of anilines is 1. The molecule has 1 aromatic carbocycles. The number of fused-ring (bicyclic) bond motifs is 1. The fraction of sp³-hybridized carbons (Fsp3) is 0.231. The number of halogens is 2. The maximum atomic E-state index is 6.07. The topological polar surface area (TPSA) is 29.0 Å². The molecule has 0 amide bonds. The normalized spacial score (nSPS) is 13.8. The van der Waals surface area contributed by atoms with Gasteiger partial charge in [0.15, 0.2) is 0 Å². The molecule has 0 atom stereocenters. The Balaban J connectivity index is 1.86. The van der Waals surface area contributed by atoms with Gasteiger partial charge in [-0.3, -0.25) is 0 Å². The van der Waals surface area contributed by atoms with Gasteiger partial charge in [-0.25, -0.2) is 9.97 Å². The van der Waals surface area contributed by atoms with Gasteiger partial charge in [-0.1, -0.05) is 29.8 Å². The van der Waals surface area contributed by atoms with Crippen molar-refractivity contribution in [2.45, 2.75) is 13.0 Å². The Bertz CT molecular complexity index is 586. The second kappa shape index (κ2) is 4.75. The van der Waals surface area contributed by atoms with Crippen LogP contribution in [0.1, 0.15) is 11.1 Å². The van der Waals surface area contributed by atoms with Crippen LogP contribution < -0.4 is 4.90 Å². The van der Waals surface area contributed by atoms with E-state index < -0.39 is 0 Å². The number of benzene rings is 1. The van der Waals surface area contributed by atoms with Gasteiger partial charge in [0.05, 0.1) is 0 Å². The summed E-state index contributed by atoms with van der Waals surface area (Å²) in [5.41, 5.74) is 3.55. The molecule has 2 heterocycles. The molecule has 18 heavy (non-hydrogen) atoms. The molecule has 0 unspecified atom stereocenters. The zero-order valence-corrected chi connectivity index (χ0v) is 11.1. The summed E-state index contributed by atoms with van der Waals surface area (Å²) in [7, 11) is 0. The molecular weight excluding hydrogens is 269 g/mol.